The molecule has 0 atom stereocenters. The Hall–Kier alpha value is -3.10. The largest absolute Gasteiger partial charge is 0.489 e. The van der Waals surface area contributed by atoms with Crippen molar-refractivity contribution in [1.82, 2.24) is 9.88 Å². The van der Waals surface area contributed by atoms with Gasteiger partial charge in [0.05, 0.1) is 12.3 Å². The zero-order valence-electron chi connectivity index (χ0n) is 24.2. The predicted molar refractivity (Wildman–Crippen MR) is 156 cm³/mol. The lowest BCUT2D eigenvalue weighted by atomic mass is 9.90. The fourth-order valence-corrected chi connectivity index (χ4v) is 6.73. The number of carbonyl (C=O) groups excluding carboxylic acids is 2. The van der Waals surface area contributed by atoms with Crippen molar-refractivity contribution in [3.05, 3.63) is 53.9 Å². The van der Waals surface area contributed by atoms with Gasteiger partial charge in [-0.2, -0.15) is 13.2 Å². The van der Waals surface area contributed by atoms with Crippen molar-refractivity contribution in [2.75, 3.05) is 18.4 Å². The second kappa shape index (κ2) is 13.9. The van der Waals surface area contributed by atoms with Gasteiger partial charge in [0.15, 0.2) is 0 Å². The molecule has 1 aliphatic heterocycles. The van der Waals surface area contributed by atoms with Crippen molar-refractivity contribution in [2.24, 2.45) is 11.8 Å². The van der Waals surface area contributed by atoms with Gasteiger partial charge in [0, 0.05) is 43.0 Å². The Kier molecular flexibility index (Phi) is 10.1. The van der Waals surface area contributed by atoms with Gasteiger partial charge in [0.25, 0.3) is 5.78 Å². The highest BCUT2D eigenvalue weighted by atomic mass is 19.4. The van der Waals surface area contributed by atoms with Crippen LogP contribution in [0.2, 0.25) is 0 Å². The summed E-state index contributed by atoms with van der Waals surface area (Å²) in [6.45, 7) is 1.77. The molecule has 3 fully saturated rings. The molecule has 0 bridgehead atoms. The number of Topliss-reactive ketones (excluding diaryl/α,β-unsaturated/α-hetero) is 1. The molecule has 9 heteroatoms. The number of amides is 1. The number of rotatable bonds is 10. The fraction of sp³-hybridized carbons (Fsp3) is 0.606. The second-order valence-electron chi connectivity index (χ2n) is 12.4. The van der Waals surface area contributed by atoms with Crippen LogP contribution < -0.4 is 10.1 Å². The molecule has 0 spiro atoms. The topological polar surface area (TPSA) is 71.5 Å². The number of benzene rings is 1. The number of hydrogen-bond acceptors (Lipinski definition) is 5. The lowest BCUT2D eigenvalue weighted by Crippen LogP contribution is -2.39. The Morgan fingerprint density at radius 1 is 0.905 bits per heavy atom. The highest BCUT2D eigenvalue weighted by Crippen LogP contribution is 2.31. The standard InChI is InChI=1S/C33H42F3N3O3/c34-33(35,36)32(41)26-7-9-27(10-8-26)38-28-11-13-29(14-12-28)42-30-19-25(21-37-22-30)6-5-23-15-17-39(18-16-23)31(40)20-24-3-1-2-4-24/h7-10,19,21-24,28-29,38H,1-6,11-18,20H2. The average Bonchev–Trinajstić information content (AvgIpc) is 3.50. The SMILES string of the molecule is O=C(CC1CCCC1)N1CCC(CCc2cncc(OC3CCC(Nc4ccc(C(=O)C(F)(F)F)cc4)CC3)c2)CC1. The van der Waals surface area contributed by atoms with Gasteiger partial charge in [-0.05, 0) is 112 Å². The van der Waals surface area contributed by atoms with Crippen LogP contribution in [0.4, 0.5) is 18.9 Å². The van der Waals surface area contributed by atoms with Crippen molar-refractivity contribution >= 4 is 17.4 Å². The minimum atomic E-state index is -4.86. The first-order valence-corrected chi connectivity index (χ1v) is 15.6. The summed E-state index contributed by atoms with van der Waals surface area (Å²) >= 11 is 0. The van der Waals surface area contributed by atoms with E-state index in [0.717, 1.165) is 76.6 Å². The maximum absolute atomic E-state index is 12.7. The number of hydrogen-bond donors (Lipinski definition) is 1. The lowest BCUT2D eigenvalue weighted by molar-refractivity contribution is -0.133. The van der Waals surface area contributed by atoms with E-state index in [4.69, 9.17) is 4.74 Å². The molecule has 5 rings (SSSR count). The predicted octanol–water partition coefficient (Wildman–Crippen LogP) is 7.38. The van der Waals surface area contributed by atoms with Crippen LogP contribution >= 0.6 is 0 Å². The molecule has 0 unspecified atom stereocenters. The zero-order valence-corrected chi connectivity index (χ0v) is 24.2. The van der Waals surface area contributed by atoms with E-state index in [9.17, 15) is 22.8 Å². The van der Waals surface area contributed by atoms with Crippen molar-refractivity contribution in [3.63, 3.8) is 0 Å². The van der Waals surface area contributed by atoms with Crippen LogP contribution in [-0.2, 0) is 11.2 Å². The van der Waals surface area contributed by atoms with Crippen molar-refractivity contribution in [2.45, 2.75) is 102 Å². The number of pyridine rings is 1. The Morgan fingerprint density at radius 2 is 1.60 bits per heavy atom. The summed E-state index contributed by atoms with van der Waals surface area (Å²) in [5, 5.41) is 3.37. The molecular formula is C33H42F3N3O3. The molecule has 1 amide bonds. The highest BCUT2D eigenvalue weighted by molar-refractivity contribution is 6.00. The van der Waals surface area contributed by atoms with E-state index in [1.54, 1.807) is 6.20 Å². The van der Waals surface area contributed by atoms with Gasteiger partial charge in [-0.25, -0.2) is 0 Å². The summed E-state index contributed by atoms with van der Waals surface area (Å²) in [5.74, 6) is 0.567. The molecule has 6 nitrogen and oxygen atoms in total. The van der Waals surface area contributed by atoms with Gasteiger partial charge in [-0.1, -0.05) is 12.8 Å². The number of nitrogens with zero attached hydrogens (tertiary/aromatic N) is 2. The van der Waals surface area contributed by atoms with Crippen LogP contribution in [0.25, 0.3) is 0 Å². The monoisotopic (exact) mass is 585 g/mol. The third-order valence-corrected chi connectivity index (χ3v) is 9.27. The maximum Gasteiger partial charge on any atom is 0.454 e. The van der Waals surface area contributed by atoms with Crippen LogP contribution in [-0.4, -0.2) is 53.0 Å². The number of aromatic nitrogens is 1. The van der Waals surface area contributed by atoms with E-state index >= 15 is 0 Å². The summed E-state index contributed by atoms with van der Waals surface area (Å²) in [7, 11) is 0. The summed E-state index contributed by atoms with van der Waals surface area (Å²) in [6.07, 6.45) is 12.3. The molecule has 1 saturated heterocycles. The normalized spacial score (nSPS) is 22.2. The molecule has 0 radical (unpaired) electrons. The molecule has 2 heterocycles. The molecule has 1 aromatic carbocycles. The molecule has 3 aliphatic rings. The zero-order chi connectivity index (χ0) is 29.5. The van der Waals surface area contributed by atoms with E-state index in [1.807, 2.05) is 6.20 Å². The van der Waals surface area contributed by atoms with E-state index in [-0.39, 0.29) is 17.7 Å². The number of carbonyl (C=O) groups is 2. The van der Waals surface area contributed by atoms with E-state index in [0.29, 0.717) is 23.4 Å². The first-order valence-electron chi connectivity index (χ1n) is 15.6. The van der Waals surface area contributed by atoms with Gasteiger partial charge in [-0.3, -0.25) is 14.6 Å². The van der Waals surface area contributed by atoms with E-state index < -0.39 is 12.0 Å². The smallest absolute Gasteiger partial charge is 0.454 e. The summed E-state index contributed by atoms with van der Waals surface area (Å²) in [6, 6.07) is 7.78. The Balaban J connectivity index is 1.01. The number of anilines is 1. The molecule has 228 valence electrons. The Bertz CT molecular complexity index is 1180. The van der Waals surface area contributed by atoms with Crippen LogP contribution in [0.3, 0.4) is 0 Å². The molecule has 2 aromatic rings. The number of piperidine rings is 1. The third-order valence-electron chi connectivity index (χ3n) is 9.27. The summed E-state index contributed by atoms with van der Waals surface area (Å²) in [5.41, 5.74) is 1.53. The number of ether oxygens (including phenoxy) is 1. The van der Waals surface area contributed by atoms with Gasteiger partial charge in [0.2, 0.25) is 5.91 Å². The fourth-order valence-electron chi connectivity index (χ4n) is 6.73. The average molecular weight is 586 g/mol. The molecule has 2 saturated carbocycles. The Labute approximate surface area is 246 Å². The number of nitrogens with one attached hydrogen (secondary N) is 1. The first kappa shape index (κ1) is 30.4. The molecule has 1 aromatic heterocycles. The molecule has 1 N–H and O–H groups in total. The van der Waals surface area contributed by atoms with Crippen LogP contribution in [0.5, 0.6) is 5.75 Å². The summed E-state index contributed by atoms with van der Waals surface area (Å²) < 4.78 is 44.2. The third kappa shape index (κ3) is 8.48. The molecular weight excluding hydrogens is 543 g/mol. The number of likely N-dealkylation sites (tertiary alicyclic amines) is 1. The summed E-state index contributed by atoms with van der Waals surface area (Å²) in [4.78, 5) is 30.6. The van der Waals surface area contributed by atoms with Gasteiger partial charge < -0.3 is 15.0 Å². The highest BCUT2D eigenvalue weighted by Gasteiger charge is 2.39. The molecule has 42 heavy (non-hydrogen) atoms. The van der Waals surface area contributed by atoms with E-state index in [1.165, 1.54) is 55.5 Å². The molecule has 2 aliphatic carbocycles. The quantitative estimate of drug-likeness (QED) is 0.295. The minimum absolute atomic E-state index is 0.0954. The number of alkyl halides is 3. The number of aryl methyl sites for hydroxylation is 1. The van der Waals surface area contributed by atoms with Crippen molar-refractivity contribution in [1.29, 1.82) is 0 Å². The second-order valence-corrected chi connectivity index (χ2v) is 12.4. The van der Waals surface area contributed by atoms with Crippen LogP contribution in [0, 0.1) is 11.8 Å². The Morgan fingerprint density at radius 3 is 2.26 bits per heavy atom. The lowest BCUT2D eigenvalue weighted by Gasteiger charge is -2.32. The minimum Gasteiger partial charge on any atom is -0.489 e. The maximum atomic E-state index is 12.7. The van der Waals surface area contributed by atoms with Crippen LogP contribution in [0.15, 0.2) is 42.7 Å². The number of halogens is 3. The van der Waals surface area contributed by atoms with Crippen molar-refractivity contribution in [3.8, 4) is 5.75 Å². The van der Waals surface area contributed by atoms with Gasteiger partial charge in [0.1, 0.15) is 5.75 Å². The van der Waals surface area contributed by atoms with Gasteiger partial charge >= 0.3 is 6.18 Å². The van der Waals surface area contributed by atoms with Gasteiger partial charge in [-0.15, -0.1) is 0 Å². The van der Waals surface area contributed by atoms with E-state index in [2.05, 4.69) is 21.3 Å². The first-order chi connectivity index (χ1) is 20.2. The number of ketones is 1. The van der Waals surface area contributed by atoms with Crippen molar-refractivity contribution < 1.29 is 27.5 Å². The van der Waals surface area contributed by atoms with Crippen LogP contribution in [0.1, 0.15) is 93.0 Å².